The molecule has 86 valence electrons. The van der Waals surface area contributed by atoms with Crippen LogP contribution in [0.3, 0.4) is 0 Å². The predicted molar refractivity (Wildman–Crippen MR) is 48.3 cm³/mol. The molecule has 6 heteroatoms. The van der Waals surface area contributed by atoms with E-state index in [4.69, 9.17) is 4.74 Å². The topological polar surface area (TPSA) is 39.2 Å². The van der Waals surface area contributed by atoms with Gasteiger partial charge in [-0.3, -0.25) is 4.79 Å². The van der Waals surface area contributed by atoms with E-state index < -0.39 is 11.9 Å². The average Bonchev–Trinajstić information content (AvgIpc) is 3.01. The molecule has 3 nitrogen and oxygen atoms in total. The summed E-state index contributed by atoms with van der Waals surface area (Å²) >= 11 is 0. The molecule has 0 aliphatic heterocycles. The molecule has 0 spiro atoms. The number of aromatic nitrogens is 1. The summed E-state index contributed by atoms with van der Waals surface area (Å²) < 4.78 is 42.8. The van der Waals surface area contributed by atoms with Crippen LogP contribution in [0, 0.1) is 0 Å². The minimum Gasteiger partial charge on any atom is -0.488 e. The molecule has 1 saturated carbocycles. The molecule has 0 atom stereocenters. The van der Waals surface area contributed by atoms with Crippen LogP contribution in [0.25, 0.3) is 0 Å². The second kappa shape index (κ2) is 3.77. The maximum atomic E-state index is 12.6. The first-order valence-electron chi connectivity index (χ1n) is 4.71. The molecule has 1 aliphatic rings. The molecule has 1 aromatic rings. The molecule has 1 aliphatic carbocycles. The molecule has 0 radical (unpaired) electrons. The zero-order valence-corrected chi connectivity index (χ0v) is 8.12. The van der Waals surface area contributed by atoms with Crippen molar-refractivity contribution in [2.45, 2.75) is 25.1 Å². The maximum Gasteiger partial charge on any atom is 0.437 e. The van der Waals surface area contributed by atoms with E-state index in [-0.39, 0.29) is 23.8 Å². The third-order valence-electron chi connectivity index (χ3n) is 2.09. The van der Waals surface area contributed by atoms with Gasteiger partial charge >= 0.3 is 6.18 Å². The number of nitrogens with zero attached hydrogens (tertiary/aromatic N) is 1. The van der Waals surface area contributed by atoms with Gasteiger partial charge in [-0.2, -0.15) is 13.2 Å². The van der Waals surface area contributed by atoms with Gasteiger partial charge in [0, 0.05) is 0 Å². The maximum absolute atomic E-state index is 12.6. The summed E-state index contributed by atoms with van der Waals surface area (Å²) in [5, 5.41) is 0. The number of hydrogen-bond donors (Lipinski definition) is 0. The smallest absolute Gasteiger partial charge is 0.437 e. The second-order valence-electron chi connectivity index (χ2n) is 3.52. The van der Waals surface area contributed by atoms with Gasteiger partial charge in [0.15, 0.2) is 17.7 Å². The van der Waals surface area contributed by atoms with Crippen molar-refractivity contribution >= 4 is 6.29 Å². The molecule has 0 N–H and O–H groups in total. The highest BCUT2D eigenvalue weighted by Crippen LogP contribution is 2.37. The lowest BCUT2D eigenvalue weighted by atomic mass is 10.2. The van der Waals surface area contributed by atoms with Crippen LogP contribution in [0.4, 0.5) is 13.2 Å². The summed E-state index contributed by atoms with van der Waals surface area (Å²) in [6.07, 6.45) is -2.97. The van der Waals surface area contributed by atoms with Gasteiger partial charge in [0.05, 0.1) is 6.10 Å². The Balaban J connectivity index is 2.37. The predicted octanol–water partition coefficient (Wildman–Crippen LogP) is 2.45. The Kier molecular flexibility index (Phi) is 2.57. The van der Waals surface area contributed by atoms with Gasteiger partial charge in [0.1, 0.15) is 5.69 Å². The summed E-state index contributed by atoms with van der Waals surface area (Å²) in [4.78, 5) is 13.6. The van der Waals surface area contributed by atoms with E-state index in [1.54, 1.807) is 0 Å². The van der Waals surface area contributed by atoms with E-state index in [1.165, 1.54) is 6.07 Å². The van der Waals surface area contributed by atoms with Crippen molar-refractivity contribution in [3.8, 4) is 5.75 Å². The Labute approximate surface area is 89.2 Å². The molecule has 1 fully saturated rings. The van der Waals surface area contributed by atoms with Crippen LogP contribution in [0.2, 0.25) is 0 Å². The number of halogens is 3. The number of carbonyl (C=O) groups excluding carboxylic acids is 1. The highest BCUT2D eigenvalue weighted by molar-refractivity contribution is 5.72. The van der Waals surface area contributed by atoms with Gasteiger partial charge in [-0.15, -0.1) is 0 Å². The number of rotatable bonds is 3. The zero-order valence-electron chi connectivity index (χ0n) is 8.12. The molecule has 1 heterocycles. The molecule has 0 aromatic carbocycles. The standard InChI is InChI=1S/C10H8F3NO2/c11-10(12,13)9-8(16-7-2-3-7)4-1-6(5-15)14-9/h1,4-5,7H,2-3H2. The van der Waals surface area contributed by atoms with Crippen LogP contribution in [-0.4, -0.2) is 17.4 Å². The van der Waals surface area contributed by atoms with E-state index >= 15 is 0 Å². The molecular weight excluding hydrogens is 223 g/mol. The average molecular weight is 231 g/mol. The molecule has 0 amide bonds. The van der Waals surface area contributed by atoms with Crippen molar-refractivity contribution in [1.29, 1.82) is 0 Å². The van der Waals surface area contributed by atoms with Crippen molar-refractivity contribution in [2.75, 3.05) is 0 Å². The Morgan fingerprint density at radius 1 is 1.38 bits per heavy atom. The van der Waals surface area contributed by atoms with Crippen LogP contribution < -0.4 is 4.74 Å². The third kappa shape index (κ3) is 2.32. The highest BCUT2D eigenvalue weighted by Gasteiger charge is 2.38. The van der Waals surface area contributed by atoms with E-state index in [0.29, 0.717) is 0 Å². The fraction of sp³-hybridized carbons (Fsp3) is 0.400. The fourth-order valence-electron chi connectivity index (χ4n) is 1.19. The van der Waals surface area contributed by atoms with Crippen LogP contribution in [0.15, 0.2) is 12.1 Å². The third-order valence-corrected chi connectivity index (χ3v) is 2.09. The van der Waals surface area contributed by atoms with E-state index in [0.717, 1.165) is 18.9 Å². The molecule has 0 bridgehead atoms. The quantitative estimate of drug-likeness (QED) is 0.750. The van der Waals surface area contributed by atoms with Crippen LogP contribution >= 0.6 is 0 Å². The number of hydrogen-bond acceptors (Lipinski definition) is 3. The largest absolute Gasteiger partial charge is 0.488 e. The van der Waals surface area contributed by atoms with Crippen molar-refractivity contribution in [3.63, 3.8) is 0 Å². The van der Waals surface area contributed by atoms with Crippen molar-refractivity contribution in [3.05, 3.63) is 23.5 Å². The van der Waals surface area contributed by atoms with Gasteiger partial charge < -0.3 is 4.74 Å². The summed E-state index contributed by atoms with van der Waals surface area (Å²) in [5.74, 6) is -0.305. The lowest BCUT2D eigenvalue weighted by Gasteiger charge is -2.12. The normalized spacial score (nSPS) is 15.9. The highest BCUT2D eigenvalue weighted by atomic mass is 19.4. The van der Waals surface area contributed by atoms with Gasteiger partial charge in [-0.05, 0) is 25.0 Å². The first-order chi connectivity index (χ1) is 7.50. The van der Waals surface area contributed by atoms with Crippen LogP contribution in [0.1, 0.15) is 29.0 Å². The van der Waals surface area contributed by atoms with Crippen molar-refractivity contribution in [2.24, 2.45) is 0 Å². The summed E-state index contributed by atoms with van der Waals surface area (Å²) in [7, 11) is 0. The molecule has 2 rings (SSSR count). The molecular formula is C10H8F3NO2. The van der Waals surface area contributed by atoms with Crippen molar-refractivity contribution < 1.29 is 22.7 Å². The number of aldehydes is 1. The number of carbonyl (C=O) groups is 1. The van der Waals surface area contributed by atoms with Crippen LogP contribution in [0.5, 0.6) is 5.75 Å². The lowest BCUT2D eigenvalue weighted by molar-refractivity contribution is -0.142. The fourth-order valence-corrected chi connectivity index (χ4v) is 1.19. The lowest BCUT2D eigenvalue weighted by Crippen LogP contribution is -2.13. The van der Waals surface area contributed by atoms with E-state index in [9.17, 15) is 18.0 Å². The molecule has 1 aromatic heterocycles. The first kappa shape index (κ1) is 10.9. The van der Waals surface area contributed by atoms with Gasteiger partial charge in [0.25, 0.3) is 0 Å². The Bertz CT molecular complexity index is 413. The van der Waals surface area contributed by atoms with Gasteiger partial charge in [-0.25, -0.2) is 4.98 Å². The number of alkyl halides is 3. The second-order valence-corrected chi connectivity index (χ2v) is 3.52. The Morgan fingerprint density at radius 3 is 2.56 bits per heavy atom. The molecule has 0 unspecified atom stereocenters. The summed E-state index contributed by atoms with van der Waals surface area (Å²) in [5.41, 5.74) is -1.39. The minimum absolute atomic E-state index is 0.148. The molecule has 0 saturated heterocycles. The minimum atomic E-state index is -4.61. The van der Waals surface area contributed by atoms with Gasteiger partial charge in [-0.1, -0.05) is 0 Å². The Morgan fingerprint density at radius 2 is 2.06 bits per heavy atom. The Hall–Kier alpha value is -1.59. The number of pyridine rings is 1. The van der Waals surface area contributed by atoms with Gasteiger partial charge in [0.2, 0.25) is 0 Å². The zero-order chi connectivity index (χ0) is 11.8. The number of ether oxygens (including phenoxy) is 1. The van der Waals surface area contributed by atoms with E-state index in [1.807, 2.05) is 0 Å². The van der Waals surface area contributed by atoms with Crippen molar-refractivity contribution in [1.82, 2.24) is 4.98 Å². The summed E-state index contributed by atoms with van der Waals surface area (Å²) in [6, 6.07) is 2.35. The summed E-state index contributed by atoms with van der Waals surface area (Å²) in [6.45, 7) is 0. The first-order valence-corrected chi connectivity index (χ1v) is 4.71. The van der Waals surface area contributed by atoms with Crippen LogP contribution in [-0.2, 0) is 6.18 Å². The SMILES string of the molecule is O=Cc1ccc(OC2CC2)c(C(F)(F)F)n1. The molecule has 16 heavy (non-hydrogen) atoms. The van der Waals surface area contributed by atoms with E-state index in [2.05, 4.69) is 4.98 Å². The monoisotopic (exact) mass is 231 g/mol.